The number of alkyl halides is 3. The van der Waals surface area contributed by atoms with Crippen LogP contribution in [0.4, 0.5) is 13.2 Å². The minimum atomic E-state index is -4.67. The van der Waals surface area contributed by atoms with Gasteiger partial charge in [-0.2, -0.15) is 0 Å². The third-order valence-electron chi connectivity index (χ3n) is 4.87. The standard InChI is InChI=1S/C21H25F3N2O/c1-15(2)16-3-5-17(6-4-16)20(26-13-11-25-12-14-26)18-7-9-19(10-8-18)27-21(22,23)24/h3-10,15,20,25H,11-14H2,1-2H3/t20-/m0/s1. The van der Waals surface area contributed by atoms with E-state index in [-0.39, 0.29) is 11.8 Å². The summed E-state index contributed by atoms with van der Waals surface area (Å²) in [6.07, 6.45) is -4.67. The van der Waals surface area contributed by atoms with Crippen LogP contribution in [0.1, 0.15) is 42.5 Å². The summed E-state index contributed by atoms with van der Waals surface area (Å²) in [4.78, 5) is 2.36. The Morgan fingerprint density at radius 2 is 1.33 bits per heavy atom. The van der Waals surface area contributed by atoms with Crippen molar-refractivity contribution < 1.29 is 17.9 Å². The van der Waals surface area contributed by atoms with E-state index < -0.39 is 6.36 Å². The van der Waals surface area contributed by atoms with E-state index in [0.29, 0.717) is 5.92 Å². The van der Waals surface area contributed by atoms with Crippen LogP contribution in [0.25, 0.3) is 0 Å². The minimum Gasteiger partial charge on any atom is -0.406 e. The number of nitrogens with one attached hydrogen (secondary N) is 1. The van der Waals surface area contributed by atoms with Crippen molar-refractivity contribution in [2.75, 3.05) is 26.2 Å². The van der Waals surface area contributed by atoms with Crippen molar-refractivity contribution >= 4 is 0 Å². The third-order valence-corrected chi connectivity index (χ3v) is 4.87. The van der Waals surface area contributed by atoms with Crippen LogP contribution < -0.4 is 10.1 Å². The van der Waals surface area contributed by atoms with Crippen LogP contribution in [0.2, 0.25) is 0 Å². The number of nitrogens with zero attached hydrogens (tertiary/aromatic N) is 1. The maximum absolute atomic E-state index is 12.4. The zero-order valence-electron chi connectivity index (χ0n) is 15.6. The van der Waals surface area contributed by atoms with Gasteiger partial charge in [0.15, 0.2) is 0 Å². The van der Waals surface area contributed by atoms with E-state index in [1.54, 1.807) is 12.1 Å². The Bertz CT molecular complexity index is 721. The molecule has 1 heterocycles. The van der Waals surface area contributed by atoms with Crippen molar-refractivity contribution in [1.82, 2.24) is 10.2 Å². The third kappa shape index (κ3) is 5.23. The molecule has 2 aromatic rings. The lowest BCUT2D eigenvalue weighted by molar-refractivity contribution is -0.274. The molecule has 1 N–H and O–H groups in total. The minimum absolute atomic E-state index is 0.00764. The van der Waals surface area contributed by atoms with Crippen LogP contribution in [0.5, 0.6) is 5.75 Å². The van der Waals surface area contributed by atoms with Crippen LogP contribution in [0, 0.1) is 0 Å². The van der Waals surface area contributed by atoms with Gasteiger partial charge in [-0.25, -0.2) is 0 Å². The lowest BCUT2D eigenvalue weighted by Crippen LogP contribution is -2.45. The van der Waals surface area contributed by atoms with Gasteiger partial charge < -0.3 is 10.1 Å². The molecule has 1 atom stereocenters. The molecule has 1 aliphatic heterocycles. The SMILES string of the molecule is CC(C)c1ccc([C@@H](c2ccc(OC(F)(F)F)cc2)N2CCNCC2)cc1. The zero-order chi connectivity index (χ0) is 19.4. The molecule has 0 radical (unpaired) electrons. The number of halogens is 3. The second-order valence-corrected chi connectivity index (χ2v) is 7.13. The Kier molecular flexibility index (Phi) is 6.07. The monoisotopic (exact) mass is 378 g/mol. The van der Waals surface area contributed by atoms with Crippen LogP contribution in [0.15, 0.2) is 48.5 Å². The highest BCUT2D eigenvalue weighted by Gasteiger charge is 2.31. The van der Waals surface area contributed by atoms with Crippen molar-refractivity contribution in [2.24, 2.45) is 0 Å². The molecule has 6 heteroatoms. The van der Waals surface area contributed by atoms with Gasteiger partial charge in [0.25, 0.3) is 0 Å². The fraction of sp³-hybridized carbons (Fsp3) is 0.429. The van der Waals surface area contributed by atoms with Crippen LogP contribution in [-0.4, -0.2) is 37.4 Å². The average Bonchev–Trinajstić information content (AvgIpc) is 2.63. The lowest BCUT2D eigenvalue weighted by atomic mass is 9.93. The zero-order valence-corrected chi connectivity index (χ0v) is 15.6. The summed E-state index contributed by atoms with van der Waals surface area (Å²) in [5, 5.41) is 3.34. The maximum atomic E-state index is 12.4. The summed E-state index contributed by atoms with van der Waals surface area (Å²) in [6, 6.07) is 14.8. The highest BCUT2D eigenvalue weighted by Crippen LogP contribution is 2.32. The number of rotatable bonds is 5. The topological polar surface area (TPSA) is 24.5 Å². The molecule has 27 heavy (non-hydrogen) atoms. The Morgan fingerprint density at radius 1 is 0.852 bits per heavy atom. The first-order chi connectivity index (χ1) is 12.8. The fourth-order valence-electron chi connectivity index (χ4n) is 3.47. The molecule has 0 saturated carbocycles. The molecule has 3 rings (SSSR count). The van der Waals surface area contributed by atoms with Crippen molar-refractivity contribution in [3.63, 3.8) is 0 Å². The highest BCUT2D eigenvalue weighted by molar-refractivity contribution is 5.37. The molecular formula is C21H25F3N2O. The van der Waals surface area contributed by atoms with E-state index in [9.17, 15) is 13.2 Å². The quantitative estimate of drug-likeness (QED) is 0.816. The first-order valence-electron chi connectivity index (χ1n) is 9.24. The molecule has 0 spiro atoms. The molecule has 1 fully saturated rings. The summed E-state index contributed by atoms with van der Waals surface area (Å²) in [6.45, 7) is 7.88. The van der Waals surface area contributed by atoms with Gasteiger partial charge in [-0.15, -0.1) is 13.2 Å². The van der Waals surface area contributed by atoms with Gasteiger partial charge in [-0.05, 0) is 34.7 Å². The molecule has 3 nitrogen and oxygen atoms in total. The van der Waals surface area contributed by atoms with Crippen molar-refractivity contribution in [1.29, 1.82) is 0 Å². The van der Waals surface area contributed by atoms with Gasteiger partial charge in [0.2, 0.25) is 0 Å². The van der Waals surface area contributed by atoms with E-state index in [1.807, 2.05) is 0 Å². The molecule has 0 aromatic heterocycles. The average molecular weight is 378 g/mol. The molecule has 2 aromatic carbocycles. The van der Waals surface area contributed by atoms with E-state index in [1.165, 1.54) is 17.7 Å². The molecule has 0 aliphatic carbocycles. The van der Waals surface area contributed by atoms with Gasteiger partial charge in [-0.3, -0.25) is 4.90 Å². The molecule has 0 bridgehead atoms. The smallest absolute Gasteiger partial charge is 0.406 e. The lowest BCUT2D eigenvalue weighted by Gasteiger charge is -2.35. The van der Waals surface area contributed by atoms with Gasteiger partial charge >= 0.3 is 6.36 Å². The van der Waals surface area contributed by atoms with E-state index >= 15 is 0 Å². The number of hydrogen-bond acceptors (Lipinski definition) is 3. The summed E-state index contributed by atoms with van der Waals surface area (Å²) < 4.78 is 41.3. The maximum Gasteiger partial charge on any atom is 0.573 e. The molecule has 0 unspecified atom stereocenters. The number of ether oxygens (including phenoxy) is 1. The Balaban J connectivity index is 1.89. The van der Waals surface area contributed by atoms with Gasteiger partial charge in [-0.1, -0.05) is 50.2 Å². The predicted molar refractivity (Wildman–Crippen MR) is 99.9 cm³/mol. The fourth-order valence-corrected chi connectivity index (χ4v) is 3.47. The van der Waals surface area contributed by atoms with Crippen molar-refractivity contribution in [2.45, 2.75) is 32.2 Å². The second kappa shape index (κ2) is 8.31. The molecule has 146 valence electrons. The van der Waals surface area contributed by atoms with E-state index in [0.717, 1.165) is 37.3 Å². The largest absolute Gasteiger partial charge is 0.573 e. The van der Waals surface area contributed by atoms with Gasteiger partial charge in [0.1, 0.15) is 5.75 Å². The van der Waals surface area contributed by atoms with E-state index in [2.05, 4.69) is 53.1 Å². The Hall–Kier alpha value is -2.05. The second-order valence-electron chi connectivity index (χ2n) is 7.13. The van der Waals surface area contributed by atoms with Crippen LogP contribution in [-0.2, 0) is 0 Å². The first-order valence-corrected chi connectivity index (χ1v) is 9.24. The first kappa shape index (κ1) is 19.7. The summed E-state index contributed by atoms with van der Waals surface area (Å²) in [5.74, 6) is 0.260. The highest BCUT2D eigenvalue weighted by atomic mass is 19.4. The van der Waals surface area contributed by atoms with Gasteiger partial charge in [0.05, 0.1) is 6.04 Å². The summed E-state index contributed by atoms with van der Waals surface area (Å²) >= 11 is 0. The molecule has 1 saturated heterocycles. The normalized spacial score (nSPS) is 17.1. The van der Waals surface area contributed by atoms with E-state index in [4.69, 9.17) is 0 Å². The number of benzene rings is 2. The van der Waals surface area contributed by atoms with Crippen LogP contribution in [0.3, 0.4) is 0 Å². The molecule has 0 amide bonds. The van der Waals surface area contributed by atoms with Crippen molar-refractivity contribution in [3.8, 4) is 5.75 Å². The number of hydrogen-bond donors (Lipinski definition) is 1. The molecular weight excluding hydrogens is 353 g/mol. The van der Waals surface area contributed by atoms with Crippen LogP contribution >= 0.6 is 0 Å². The Labute approximate surface area is 158 Å². The summed E-state index contributed by atoms with van der Waals surface area (Å²) in [7, 11) is 0. The summed E-state index contributed by atoms with van der Waals surface area (Å²) in [5.41, 5.74) is 3.38. The Morgan fingerprint density at radius 3 is 1.81 bits per heavy atom. The predicted octanol–water partition coefficient (Wildman–Crippen LogP) is 4.70. The number of piperazine rings is 1. The molecule has 1 aliphatic rings. The van der Waals surface area contributed by atoms with Crippen molar-refractivity contribution in [3.05, 3.63) is 65.2 Å². The van der Waals surface area contributed by atoms with Gasteiger partial charge in [0, 0.05) is 26.2 Å².